The summed E-state index contributed by atoms with van der Waals surface area (Å²) in [7, 11) is -3.75. The molecule has 0 atom stereocenters. The highest BCUT2D eigenvalue weighted by Crippen LogP contribution is 2.31. The Kier molecular flexibility index (Phi) is 8.31. The normalized spacial score (nSPS) is 14.6. The molecule has 0 aliphatic carbocycles. The lowest BCUT2D eigenvalue weighted by molar-refractivity contribution is 0.0949. The molecule has 4 rings (SSSR count). The van der Waals surface area contributed by atoms with Crippen LogP contribution in [0.25, 0.3) is 0 Å². The van der Waals surface area contributed by atoms with Gasteiger partial charge in [0.25, 0.3) is 15.9 Å². The van der Waals surface area contributed by atoms with Gasteiger partial charge in [-0.25, -0.2) is 8.42 Å². The van der Waals surface area contributed by atoms with Gasteiger partial charge >= 0.3 is 0 Å². The first-order chi connectivity index (χ1) is 17.3. The van der Waals surface area contributed by atoms with Crippen molar-refractivity contribution in [1.29, 1.82) is 0 Å². The van der Waals surface area contributed by atoms with E-state index in [9.17, 15) is 13.2 Å². The third-order valence-corrected chi connectivity index (χ3v) is 7.94. The lowest BCUT2D eigenvalue weighted by atomic mass is 9.89. The minimum Gasteiger partial charge on any atom is -0.371 e. The number of nitrogens with zero attached hydrogens (tertiary/aromatic N) is 1. The van der Waals surface area contributed by atoms with Crippen LogP contribution in [0.4, 0.5) is 11.4 Å². The summed E-state index contributed by atoms with van der Waals surface area (Å²) in [4.78, 5) is 15.6. The quantitative estimate of drug-likeness (QED) is 0.412. The van der Waals surface area contributed by atoms with E-state index in [-0.39, 0.29) is 10.8 Å². The fraction of sp³-hybridized carbons (Fsp3) is 0.345. The second kappa shape index (κ2) is 11.6. The highest BCUT2D eigenvalue weighted by atomic mass is 32.2. The molecule has 1 aliphatic rings. The first kappa shape index (κ1) is 25.8. The highest BCUT2D eigenvalue weighted by molar-refractivity contribution is 7.92. The zero-order valence-corrected chi connectivity index (χ0v) is 21.8. The van der Waals surface area contributed by atoms with Gasteiger partial charge in [-0.15, -0.1) is 0 Å². The fourth-order valence-electron chi connectivity index (χ4n) is 4.59. The van der Waals surface area contributed by atoms with Crippen LogP contribution in [0.5, 0.6) is 0 Å². The molecule has 0 radical (unpaired) electrons. The Morgan fingerprint density at radius 2 is 1.58 bits per heavy atom. The summed E-state index contributed by atoms with van der Waals surface area (Å²) in [5.74, 6) is 0.732. The van der Waals surface area contributed by atoms with E-state index >= 15 is 0 Å². The minimum absolute atomic E-state index is 0.181. The van der Waals surface area contributed by atoms with Gasteiger partial charge in [0, 0.05) is 31.0 Å². The van der Waals surface area contributed by atoms with Crippen molar-refractivity contribution < 1.29 is 13.2 Å². The number of sulfonamides is 1. The number of amides is 1. The number of carbonyl (C=O) groups is 1. The number of hydrogen-bond donors (Lipinski definition) is 2. The molecule has 3 aromatic carbocycles. The third kappa shape index (κ3) is 6.66. The van der Waals surface area contributed by atoms with E-state index in [0.29, 0.717) is 29.6 Å². The van der Waals surface area contributed by atoms with E-state index in [1.165, 1.54) is 5.56 Å². The molecule has 0 bridgehead atoms. The maximum absolute atomic E-state index is 13.2. The predicted octanol–water partition coefficient (Wildman–Crippen LogP) is 5.33. The van der Waals surface area contributed by atoms with Gasteiger partial charge in [-0.1, -0.05) is 62.4 Å². The molecule has 1 heterocycles. The Labute approximate surface area is 214 Å². The molecule has 0 aromatic heterocycles. The molecule has 1 aliphatic heterocycles. The minimum atomic E-state index is -3.75. The van der Waals surface area contributed by atoms with E-state index < -0.39 is 10.0 Å². The Morgan fingerprint density at radius 1 is 0.944 bits per heavy atom. The zero-order chi connectivity index (χ0) is 25.5. The molecule has 6 nitrogen and oxygen atoms in total. The molecule has 36 heavy (non-hydrogen) atoms. The second-order valence-corrected chi connectivity index (χ2v) is 11.6. The van der Waals surface area contributed by atoms with E-state index in [1.807, 2.05) is 26.0 Å². The van der Waals surface area contributed by atoms with Crippen molar-refractivity contribution in [2.24, 2.45) is 11.8 Å². The van der Waals surface area contributed by atoms with E-state index in [4.69, 9.17) is 0 Å². The average molecular weight is 506 g/mol. The van der Waals surface area contributed by atoms with Crippen molar-refractivity contribution in [3.63, 3.8) is 0 Å². The van der Waals surface area contributed by atoms with Crippen LogP contribution in [0.3, 0.4) is 0 Å². The molecule has 0 spiro atoms. The van der Waals surface area contributed by atoms with Gasteiger partial charge < -0.3 is 10.2 Å². The Hall–Kier alpha value is -3.32. The van der Waals surface area contributed by atoms with Gasteiger partial charge in [0.05, 0.1) is 10.5 Å². The molecular weight excluding hydrogens is 470 g/mol. The fourth-order valence-corrected chi connectivity index (χ4v) is 5.66. The van der Waals surface area contributed by atoms with Crippen LogP contribution in [0.1, 0.15) is 42.6 Å². The zero-order valence-electron chi connectivity index (χ0n) is 21.0. The number of carbonyl (C=O) groups excluding carboxylic acids is 1. The Morgan fingerprint density at radius 3 is 2.22 bits per heavy atom. The van der Waals surface area contributed by atoms with Gasteiger partial charge in [-0.05, 0) is 67.0 Å². The molecule has 0 saturated carbocycles. The average Bonchev–Trinajstić information content (AvgIpc) is 2.89. The third-order valence-electron chi connectivity index (χ3n) is 6.54. The lowest BCUT2D eigenvalue weighted by Crippen LogP contribution is -2.36. The summed E-state index contributed by atoms with van der Waals surface area (Å²) >= 11 is 0. The summed E-state index contributed by atoms with van der Waals surface area (Å²) in [5.41, 5.74) is 3.07. The summed E-state index contributed by atoms with van der Waals surface area (Å²) < 4.78 is 28.3. The number of hydrogen-bond acceptors (Lipinski definition) is 4. The topological polar surface area (TPSA) is 78.5 Å². The van der Waals surface area contributed by atoms with Crippen LogP contribution >= 0.6 is 0 Å². The Bertz CT molecular complexity index is 1250. The molecule has 2 N–H and O–H groups in total. The number of rotatable bonds is 9. The van der Waals surface area contributed by atoms with E-state index in [0.717, 1.165) is 38.0 Å². The lowest BCUT2D eigenvalue weighted by Gasteiger charge is -2.35. The summed E-state index contributed by atoms with van der Waals surface area (Å²) in [6.07, 6.45) is 3.16. The van der Waals surface area contributed by atoms with Crippen molar-refractivity contribution in [3.8, 4) is 0 Å². The van der Waals surface area contributed by atoms with Gasteiger partial charge in [0.15, 0.2) is 0 Å². The van der Waals surface area contributed by atoms with Crippen LogP contribution in [-0.2, 0) is 16.4 Å². The molecule has 0 unspecified atom stereocenters. The van der Waals surface area contributed by atoms with Crippen molar-refractivity contribution in [3.05, 3.63) is 90.0 Å². The van der Waals surface area contributed by atoms with Crippen LogP contribution < -0.4 is 14.9 Å². The molecule has 1 fully saturated rings. The van der Waals surface area contributed by atoms with Crippen molar-refractivity contribution in [1.82, 2.24) is 5.32 Å². The number of nitrogens with one attached hydrogen (secondary N) is 2. The molecule has 1 saturated heterocycles. The first-order valence-corrected chi connectivity index (χ1v) is 14.1. The Balaban J connectivity index is 1.53. The molecular formula is C29H35N3O3S. The maximum atomic E-state index is 13.2. The number of anilines is 2. The van der Waals surface area contributed by atoms with E-state index in [1.54, 1.807) is 42.5 Å². The summed E-state index contributed by atoms with van der Waals surface area (Å²) in [5, 5.41) is 3.00. The number of benzene rings is 3. The molecule has 7 heteroatoms. The van der Waals surface area contributed by atoms with Gasteiger partial charge in [-0.3, -0.25) is 9.52 Å². The molecule has 190 valence electrons. The molecule has 1 amide bonds. The highest BCUT2D eigenvalue weighted by Gasteiger charge is 2.24. The second-order valence-electron chi connectivity index (χ2n) is 9.87. The number of piperidine rings is 1. The summed E-state index contributed by atoms with van der Waals surface area (Å²) in [6, 6.07) is 24.1. The van der Waals surface area contributed by atoms with E-state index in [2.05, 4.69) is 39.2 Å². The monoisotopic (exact) mass is 505 g/mol. The standard InChI is InChI=1S/C29H35N3O3S/c1-22(2)21-30-29(33)27-20-25(31-36(34,35)26-11-7-4-8-12-26)13-14-28(27)32-17-15-24(16-18-32)19-23-9-5-3-6-10-23/h3-14,20,22,24,31H,15-19,21H2,1-2H3,(H,30,33). The van der Waals surface area contributed by atoms with Gasteiger partial charge in [0.1, 0.15) is 0 Å². The van der Waals surface area contributed by atoms with Crippen LogP contribution in [0.15, 0.2) is 83.8 Å². The van der Waals surface area contributed by atoms with Crippen LogP contribution in [0, 0.1) is 11.8 Å². The summed E-state index contributed by atoms with van der Waals surface area (Å²) in [6.45, 7) is 6.36. The van der Waals surface area contributed by atoms with Gasteiger partial charge in [-0.2, -0.15) is 0 Å². The van der Waals surface area contributed by atoms with Crippen LogP contribution in [-0.4, -0.2) is 34.0 Å². The maximum Gasteiger partial charge on any atom is 0.261 e. The van der Waals surface area contributed by atoms with Crippen molar-refractivity contribution in [2.75, 3.05) is 29.3 Å². The van der Waals surface area contributed by atoms with Gasteiger partial charge in [0.2, 0.25) is 0 Å². The SMILES string of the molecule is CC(C)CNC(=O)c1cc(NS(=O)(=O)c2ccccc2)ccc1N1CCC(Cc2ccccc2)CC1. The smallest absolute Gasteiger partial charge is 0.261 e. The molecule has 3 aromatic rings. The largest absolute Gasteiger partial charge is 0.371 e. The first-order valence-electron chi connectivity index (χ1n) is 12.6. The van der Waals surface area contributed by atoms with Crippen molar-refractivity contribution in [2.45, 2.75) is 38.0 Å². The van der Waals surface area contributed by atoms with Crippen LogP contribution in [0.2, 0.25) is 0 Å². The predicted molar refractivity (Wildman–Crippen MR) is 146 cm³/mol. The van der Waals surface area contributed by atoms with Crippen molar-refractivity contribution >= 4 is 27.3 Å².